The molecule has 2 aromatic rings. The van der Waals surface area contributed by atoms with Gasteiger partial charge in [-0.2, -0.15) is 5.10 Å². The second-order valence-electron chi connectivity index (χ2n) is 3.32. The SMILES string of the molecule is CCn1cc(Oc2ccc(N)cc2F)cn1. The number of nitrogens with zero attached hydrogens (tertiary/aromatic N) is 2. The van der Waals surface area contributed by atoms with Crippen LogP contribution in [0.1, 0.15) is 6.92 Å². The average molecular weight is 221 g/mol. The largest absolute Gasteiger partial charge is 0.451 e. The van der Waals surface area contributed by atoms with E-state index in [1.165, 1.54) is 12.1 Å². The Morgan fingerprint density at radius 1 is 1.50 bits per heavy atom. The van der Waals surface area contributed by atoms with Crippen molar-refractivity contribution in [3.8, 4) is 11.5 Å². The van der Waals surface area contributed by atoms with Crippen LogP contribution in [-0.2, 0) is 6.54 Å². The molecular weight excluding hydrogens is 209 g/mol. The summed E-state index contributed by atoms with van der Waals surface area (Å²) >= 11 is 0. The first-order valence-electron chi connectivity index (χ1n) is 4.94. The minimum Gasteiger partial charge on any atom is -0.451 e. The van der Waals surface area contributed by atoms with Crippen molar-refractivity contribution in [1.29, 1.82) is 0 Å². The lowest BCUT2D eigenvalue weighted by Gasteiger charge is -2.04. The molecule has 0 radical (unpaired) electrons. The van der Waals surface area contributed by atoms with Crippen molar-refractivity contribution in [1.82, 2.24) is 9.78 Å². The van der Waals surface area contributed by atoms with Crippen LogP contribution >= 0.6 is 0 Å². The fourth-order valence-corrected chi connectivity index (χ4v) is 1.30. The topological polar surface area (TPSA) is 53.1 Å². The highest BCUT2D eigenvalue weighted by molar-refractivity contribution is 5.43. The second-order valence-corrected chi connectivity index (χ2v) is 3.32. The molecule has 2 rings (SSSR count). The zero-order chi connectivity index (χ0) is 11.5. The number of hydrogen-bond donors (Lipinski definition) is 1. The summed E-state index contributed by atoms with van der Waals surface area (Å²) < 4.78 is 20.4. The summed E-state index contributed by atoms with van der Waals surface area (Å²) in [6, 6.07) is 4.30. The van der Waals surface area contributed by atoms with Crippen LogP contribution in [0.2, 0.25) is 0 Å². The summed E-state index contributed by atoms with van der Waals surface area (Å²) in [5.74, 6) is 0.166. The molecule has 0 aliphatic heterocycles. The van der Waals surface area contributed by atoms with Gasteiger partial charge in [-0.3, -0.25) is 4.68 Å². The van der Waals surface area contributed by atoms with E-state index in [1.54, 1.807) is 23.1 Å². The fraction of sp³-hybridized carbons (Fsp3) is 0.182. The molecule has 4 nitrogen and oxygen atoms in total. The predicted octanol–water partition coefficient (Wildman–Crippen LogP) is 2.42. The van der Waals surface area contributed by atoms with Crippen LogP contribution in [0.4, 0.5) is 10.1 Å². The van der Waals surface area contributed by atoms with Crippen molar-refractivity contribution in [3.63, 3.8) is 0 Å². The van der Waals surface area contributed by atoms with Crippen molar-refractivity contribution < 1.29 is 9.13 Å². The first-order chi connectivity index (χ1) is 7.69. The molecule has 0 bridgehead atoms. The smallest absolute Gasteiger partial charge is 0.167 e. The van der Waals surface area contributed by atoms with Gasteiger partial charge >= 0.3 is 0 Å². The van der Waals surface area contributed by atoms with E-state index in [-0.39, 0.29) is 5.75 Å². The van der Waals surface area contributed by atoms with Crippen LogP contribution in [0.15, 0.2) is 30.6 Å². The Labute approximate surface area is 92.4 Å². The number of hydrogen-bond acceptors (Lipinski definition) is 3. The number of aryl methyl sites for hydroxylation is 1. The standard InChI is InChI=1S/C11H12FN3O/c1-2-15-7-9(6-14-15)16-11-4-3-8(13)5-10(11)12/h3-7H,2,13H2,1H3. The Hall–Kier alpha value is -2.04. The predicted molar refractivity (Wildman–Crippen MR) is 58.8 cm³/mol. The van der Waals surface area contributed by atoms with E-state index in [4.69, 9.17) is 10.5 Å². The van der Waals surface area contributed by atoms with E-state index in [2.05, 4.69) is 5.10 Å². The monoisotopic (exact) mass is 221 g/mol. The second kappa shape index (κ2) is 4.22. The van der Waals surface area contributed by atoms with Crippen molar-refractivity contribution >= 4 is 5.69 Å². The van der Waals surface area contributed by atoms with Crippen LogP contribution in [0.5, 0.6) is 11.5 Å². The number of ether oxygens (including phenoxy) is 1. The van der Waals surface area contributed by atoms with Gasteiger partial charge in [-0.05, 0) is 19.1 Å². The van der Waals surface area contributed by atoms with E-state index in [0.717, 1.165) is 6.54 Å². The van der Waals surface area contributed by atoms with Crippen molar-refractivity contribution in [2.24, 2.45) is 0 Å². The molecule has 0 unspecified atom stereocenters. The van der Waals surface area contributed by atoms with Gasteiger partial charge in [0.05, 0.1) is 12.4 Å². The summed E-state index contributed by atoms with van der Waals surface area (Å²) in [5, 5.41) is 4.02. The Morgan fingerprint density at radius 2 is 2.31 bits per heavy atom. The molecule has 0 saturated carbocycles. The van der Waals surface area contributed by atoms with Gasteiger partial charge in [-0.1, -0.05) is 0 Å². The lowest BCUT2D eigenvalue weighted by Crippen LogP contribution is -1.92. The number of nitrogens with two attached hydrogens (primary N) is 1. The highest BCUT2D eigenvalue weighted by atomic mass is 19.1. The minimum absolute atomic E-state index is 0.143. The molecule has 84 valence electrons. The van der Waals surface area contributed by atoms with Crippen LogP contribution < -0.4 is 10.5 Å². The highest BCUT2D eigenvalue weighted by Crippen LogP contribution is 2.25. The molecule has 1 aromatic carbocycles. The van der Waals surface area contributed by atoms with Gasteiger partial charge in [-0.15, -0.1) is 0 Å². The van der Waals surface area contributed by atoms with Gasteiger partial charge in [0.2, 0.25) is 0 Å². The number of aromatic nitrogens is 2. The first-order valence-corrected chi connectivity index (χ1v) is 4.94. The number of rotatable bonds is 3. The molecule has 0 fully saturated rings. The summed E-state index contributed by atoms with van der Waals surface area (Å²) in [4.78, 5) is 0. The van der Waals surface area contributed by atoms with Gasteiger partial charge in [0.25, 0.3) is 0 Å². The maximum Gasteiger partial charge on any atom is 0.167 e. The van der Waals surface area contributed by atoms with Crippen LogP contribution in [-0.4, -0.2) is 9.78 Å². The number of halogens is 1. The summed E-state index contributed by atoms with van der Waals surface area (Å²) in [5.41, 5.74) is 5.80. The molecule has 0 atom stereocenters. The van der Waals surface area contributed by atoms with Gasteiger partial charge in [0.1, 0.15) is 0 Å². The molecule has 16 heavy (non-hydrogen) atoms. The van der Waals surface area contributed by atoms with Crippen LogP contribution in [0.3, 0.4) is 0 Å². The minimum atomic E-state index is -0.482. The third kappa shape index (κ3) is 2.13. The van der Waals surface area contributed by atoms with E-state index < -0.39 is 5.82 Å². The molecule has 0 aliphatic carbocycles. The zero-order valence-corrected chi connectivity index (χ0v) is 8.85. The molecule has 5 heteroatoms. The third-order valence-electron chi connectivity index (χ3n) is 2.12. The summed E-state index contributed by atoms with van der Waals surface area (Å²) in [7, 11) is 0. The van der Waals surface area contributed by atoms with E-state index in [9.17, 15) is 4.39 Å². The Kier molecular flexibility index (Phi) is 2.76. The molecule has 2 N–H and O–H groups in total. The normalized spacial score (nSPS) is 10.4. The lowest BCUT2D eigenvalue weighted by molar-refractivity contribution is 0.441. The molecule has 0 saturated heterocycles. The quantitative estimate of drug-likeness (QED) is 0.810. The van der Waals surface area contributed by atoms with Crippen molar-refractivity contribution in [2.75, 3.05) is 5.73 Å². The number of benzene rings is 1. The molecule has 1 aromatic heterocycles. The van der Waals surface area contributed by atoms with E-state index in [1.807, 2.05) is 6.92 Å². The fourth-order valence-electron chi connectivity index (χ4n) is 1.30. The van der Waals surface area contributed by atoms with Crippen LogP contribution in [0, 0.1) is 5.82 Å². The van der Waals surface area contributed by atoms with Gasteiger partial charge < -0.3 is 10.5 Å². The molecule has 0 amide bonds. The molecule has 1 heterocycles. The van der Waals surface area contributed by atoms with Gasteiger partial charge in [0, 0.05) is 18.3 Å². The van der Waals surface area contributed by atoms with Gasteiger partial charge in [0.15, 0.2) is 17.3 Å². The average Bonchev–Trinajstić information content (AvgIpc) is 2.70. The molecular formula is C11H12FN3O. The number of nitrogen functional groups attached to an aromatic ring is 1. The van der Waals surface area contributed by atoms with E-state index in [0.29, 0.717) is 11.4 Å². The number of anilines is 1. The maximum atomic E-state index is 13.4. The summed E-state index contributed by atoms with van der Waals surface area (Å²) in [6.07, 6.45) is 3.25. The third-order valence-corrected chi connectivity index (χ3v) is 2.12. The Bertz CT molecular complexity index is 496. The highest BCUT2D eigenvalue weighted by Gasteiger charge is 2.06. The summed E-state index contributed by atoms with van der Waals surface area (Å²) in [6.45, 7) is 2.70. The maximum absolute atomic E-state index is 13.4. The van der Waals surface area contributed by atoms with Crippen molar-refractivity contribution in [2.45, 2.75) is 13.5 Å². The molecule has 0 spiro atoms. The lowest BCUT2D eigenvalue weighted by atomic mass is 10.3. The van der Waals surface area contributed by atoms with Gasteiger partial charge in [-0.25, -0.2) is 4.39 Å². The van der Waals surface area contributed by atoms with E-state index >= 15 is 0 Å². The first kappa shape index (κ1) is 10.5. The Balaban J connectivity index is 2.20. The molecule has 0 aliphatic rings. The zero-order valence-electron chi connectivity index (χ0n) is 8.85. The van der Waals surface area contributed by atoms with Crippen LogP contribution in [0.25, 0.3) is 0 Å². The van der Waals surface area contributed by atoms with Crippen molar-refractivity contribution in [3.05, 3.63) is 36.4 Å². The Morgan fingerprint density at radius 3 is 2.94 bits per heavy atom.